The molecule has 2 atom stereocenters. The van der Waals surface area contributed by atoms with Crippen molar-refractivity contribution in [2.45, 2.75) is 13.0 Å². The SMILES string of the molecule is CN1C(=O)C2CN(C(=O)NCCCn3ncc4ccccc43)CC2C1=O. The van der Waals surface area contributed by atoms with Gasteiger partial charge in [0, 0.05) is 38.6 Å². The number of nitrogens with one attached hydrogen (secondary N) is 1. The Balaban J connectivity index is 1.26. The Bertz CT molecular complexity index is 853. The van der Waals surface area contributed by atoms with E-state index in [-0.39, 0.29) is 29.7 Å². The fourth-order valence-corrected chi connectivity index (χ4v) is 3.82. The first-order valence-electron chi connectivity index (χ1n) is 8.81. The number of aryl methyl sites for hydroxylation is 1. The molecule has 2 aliphatic heterocycles. The Hall–Kier alpha value is -2.90. The van der Waals surface area contributed by atoms with Crippen LogP contribution in [0.2, 0.25) is 0 Å². The second-order valence-electron chi connectivity index (χ2n) is 6.87. The molecule has 1 aromatic heterocycles. The van der Waals surface area contributed by atoms with Gasteiger partial charge in [0.25, 0.3) is 0 Å². The lowest BCUT2D eigenvalue weighted by Gasteiger charge is -2.19. The fraction of sp³-hybridized carbons (Fsp3) is 0.444. The molecule has 136 valence electrons. The fourth-order valence-electron chi connectivity index (χ4n) is 3.82. The van der Waals surface area contributed by atoms with Crippen LogP contribution >= 0.6 is 0 Å². The summed E-state index contributed by atoms with van der Waals surface area (Å²) in [7, 11) is 1.51. The van der Waals surface area contributed by atoms with Crippen molar-refractivity contribution >= 4 is 28.7 Å². The zero-order valence-electron chi connectivity index (χ0n) is 14.6. The van der Waals surface area contributed by atoms with Crippen molar-refractivity contribution in [2.75, 3.05) is 26.7 Å². The van der Waals surface area contributed by atoms with Crippen LogP contribution < -0.4 is 5.32 Å². The van der Waals surface area contributed by atoms with Crippen LogP contribution in [0.4, 0.5) is 4.79 Å². The molecule has 1 N–H and O–H groups in total. The third kappa shape index (κ3) is 2.71. The van der Waals surface area contributed by atoms with Gasteiger partial charge in [0.15, 0.2) is 0 Å². The van der Waals surface area contributed by atoms with E-state index < -0.39 is 0 Å². The van der Waals surface area contributed by atoms with E-state index in [0.29, 0.717) is 26.2 Å². The highest BCUT2D eigenvalue weighted by Crippen LogP contribution is 2.32. The number of aromatic nitrogens is 2. The first kappa shape index (κ1) is 16.6. The number of likely N-dealkylation sites (tertiary alicyclic amines) is 2. The van der Waals surface area contributed by atoms with Crippen LogP contribution in [-0.4, -0.2) is 64.1 Å². The standard InChI is InChI=1S/C18H21N5O3/c1-21-16(24)13-10-22(11-14(13)17(21)25)18(26)19-7-4-8-23-15-6-3-2-5-12(15)9-20-23/h2-3,5-6,9,13-14H,4,7-8,10-11H2,1H3,(H,19,26). The second kappa shape index (κ2) is 6.44. The summed E-state index contributed by atoms with van der Waals surface area (Å²) < 4.78 is 1.93. The maximum absolute atomic E-state index is 12.3. The first-order chi connectivity index (χ1) is 12.6. The van der Waals surface area contributed by atoms with Crippen LogP contribution in [0, 0.1) is 11.8 Å². The Labute approximate surface area is 150 Å². The smallest absolute Gasteiger partial charge is 0.317 e. The zero-order chi connectivity index (χ0) is 18.3. The summed E-state index contributed by atoms with van der Waals surface area (Å²) in [4.78, 5) is 39.1. The summed E-state index contributed by atoms with van der Waals surface area (Å²) >= 11 is 0. The van der Waals surface area contributed by atoms with Gasteiger partial charge in [-0.1, -0.05) is 18.2 Å². The molecular formula is C18H21N5O3. The summed E-state index contributed by atoms with van der Waals surface area (Å²) in [6.45, 7) is 1.85. The highest BCUT2D eigenvalue weighted by molar-refractivity contribution is 6.06. The van der Waals surface area contributed by atoms with Gasteiger partial charge in [0.2, 0.25) is 11.8 Å². The number of fused-ring (bicyclic) bond motifs is 2. The average molecular weight is 355 g/mol. The molecule has 2 fully saturated rings. The molecule has 8 heteroatoms. The molecule has 3 heterocycles. The Morgan fingerprint density at radius 2 is 1.88 bits per heavy atom. The van der Waals surface area contributed by atoms with Gasteiger partial charge in [0.1, 0.15) is 0 Å². The van der Waals surface area contributed by atoms with E-state index in [4.69, 9.17) is 0 Å². The molecule has 8 nitrogen and oxygen atoms in total. The topological polar surface area (TPSA) is 87.5 Å². The average Bonchev–Trinajstić information content (AvgIpc) is 3.32. The van der Waals surface area contributed by atoms with Crippen molar-refractivity contribution in [3.63, 3.8) is 0 Å². The van der Waals surface area contributed by atoms with Crippen molar-refractivity contribution in [1.82, 2.24) is 24.9 Å². The third-order valence-electron chi connectivity index (χ3n) is 5.28. The normalized spacial score (nSPS) is 22.3. The van der Waals surface area contributed by atoms with Crippen molar-refractivity contribution in [1.29, 1.82) is 0 Å². The number of rotatable bonds is 4. The maximum atomic E-state index is 12.3. The number of amides is 4. The van der Waals surface area contributed by atoms with Crippen molar-refractivity contribution in [2.24, 2.45) is 11.8 Å². The van der Waals surface area contributed by atoms with Crippen molar-refractivity contribution in [3.8, 4) is 0 Å². The lowest BCUT2D eigenvalue weighted by molar-refractivity contribution is -0.138. The molecule has 0 saturated carbocycles. The number of hydrogen-bond donors (Lipinski definition) is 1. The molecule has 4 amide bonds. The minimum Gasteiger partial charge on any atom is -0.338 e. The van der Waals surface area contributed by atoms with Crippen LogP contribution in [0.5, 0.6) is 0 Å². The number of urea groups is 1. The predicted octanol–water partition coefficient (Wildman–Crippen LogP) is 0.683. The van der Waals surface area contributed by atoms with E-state index in [1.54, 1.807) is 4.90 Å². The monoisotopic (exact) mass is 355 g/mol. The molecular weight excluding hydrogens is 334 g/mol. The highest BCUT2D eigenvalue weighted by Gasteiger charge is 2.51. The molecule has 0 spiro atoms. The Kier molecular flexibility index (Phi) is 4.10. The second-order valence-corrected chi connectivity index (χ2v) is 6.87. The molecule has 2 aliphatic rings. The number of hydrogen-bond acceptors (Lipinski definition) is 4. The molecule has 0 bridgehead atoms. The van der Waals surface area contributed by atoms with E-state index >= 15 is 0 Å². The third-order valence-corrected chi connectivity index (χ3v) is 5.28. The van der Waals surface area contributed by atoms with Gasteiger partial charge in [-0.2, -0.15) is 5.10 Å². The van der Waals surface area contributed by atoms with Gasteiger partial charge in [0.05, 0.1) is 23.5 Å². The van der Waals surface area contributed by atoms with Crippen molar-refractivity contribution < 1.29 is 14.4 Å². The first-order valence-corrected chi connectivity index (χ1v) is 8.81. The number of nitrogens with zero attached hydrogens (tertiary/aromatic N) is 4. The number of benzene rings is 1. The minimum atomic E-state index is -0.381. The molecule has 0 radical (unpaired) electrons. The Morgan fingerprint density at radius 3 is 2.62 bits per heavy atom. The van der Waals surface area contributed by atoms with Gasteiger partial charge < -0.3 is 10.2 Å². The number of carbonyl (C=O) groups is 3. The number of imide groups is 1. The van der Waals surface area contributed by atoms with E-state index in [2.05, 4.69) is 10.4 Å². The van der Waals surface area contributed by atoms with Crippen LogP contribution in [0.3, 0.4) is 0 Å². The van der Waals surface area contributed by atoms with Crippen LogP contribution in [-0.2, 0) is 16.1 Å². The van der Waals surface area contributed by atoms with Crippen LogP contribution in [0.15, 0.2) is 30.5 Å². The Morgan fingerprint density at radius 1 is 1.19 bits per heavy atom. The highest BCUT2D eigenvalue weighted by atomic mass is 16.2. The van der Waals surface area contributed by atoms with Gasteiger partial charge in [-0.15, -0.1) is 0 Å². The van der Waals surface area contributed by atoms with E-state index in [1.807, 2.05) is 35.1 Å². The van der Waals surface area contributed by atoms with Gasteiger partial charge in [-0.3, -0.25) is 19.2 Å². The van der Waals surface area contributed by atoms with Crippen LogP contribution in [0.1, 0.15) is 6.42 Å². The summed E-state index contributed by atoms with van der Waals surface area (Å²) in [5, 5.41) is 8.34. The molecule has 2 unspecified atom stereocenters. The van der Waals surface area contributed by atoms with E-state index in [9.17, 15) is 14.4 Å². The minimum absolute atomic E-state index is 0.180. The lowest BCUT2D eigenvalue weighted by atomic mass is 10.00. The quantitative estimate of drug-likeness (QED) is 0.645. The molecule has 2 aromatic rings. The summed E-state index contributed by atoms with van der Waals surface area (Å²) in [5.74, 6) is -1.12. The van der Waals surface area contributed by atoms with Crippen molar-refractivity contribution in [3.05, 3.63) is 30.5 Å². The number of carbonyl (C=O) groups excluding carboxylic acids is 3. The lowest BCUT2D eigenvalue weighted by Crippen LogP contribution is -2.42. The summed E-state index contributed by atoms with van der Waals surface area (Å²) in [6.07, 6.45) is 2.58. The van der Waals surface area contributed by atoms with E-state index in [0.717, 1.165) is 17.3 Å². The van der Waals surface area contributed by atoms with E-state index in [1.165, 1.54) is 11.9 Å². The molecule has 0 aliphatic carbocycles. The van der Waals surface area contributed by atoms with Gasteiger partial charge in [-0.25, -0.2) is 4.79 Å². The largest absolute Gasteiger partial charge is 0.338 e. The summed E-state index contributed by atoms with van der Waals surface area (Å²) in [5.41, 5.74) is 1.08. The molecule has 1 aromatic carbocycles. The number of para-hydroxylation sites is 1. The molecule has 4 rings (SSSR count). The van der Waals surface area contributed by atoms with Gasteiger partial charge >= 0.3 is 6.03 Å². The van der Waals surface area contributed by atoms with Crippen LogP contribution in [0.25, 0.3) is 10.9 Å². The predicted molar refractivity (Wildman–Crippen MR) is 94.1 cm³/mol. The summed E-state index contributed by atoms with van der Waals surface area (Å²) in [6, 6.07) is 7.78. The van der Waals surface area contributed by atoms with Gasteiger partial charge in [-0.05, 0) is 12.5 Å². The maximum Gasteiger partial charge on any atom is 0.317 e. The molecule has 26 heavy (non-hydrogen) atoms. The zero-order valence-corrected chi connectivity index (χ0v) is 14.6. The molecule has 2 saturated heterocycles.